The first-order chi connectivity index (χ1) is 9.66. The highest BCUT2D eigenvalue weighted by molar-refractivity contribution is 7.99. The minimum atomic E-state index is -1.42. The number of carbonyl (C=O) groups is 2. The maximum Gasteiger partial charge on any atom is 0.308 e. The first-order valence-electron chi connectivity index (χ1n) is 6.89. The molecule has 7 nitrogen and oxygen atoms in total. The smallest absolute Gasteiger partial charge is 0.308 e. The maximum atomic E-state index is 12.0. The molecule has 1 amide bonds. The lowest BCUT2D eigenvalue weighted by molar-refractivity contribution is -0.152. The van der Waals surface area contributed by atoms with Gasteiger partial charge in [0.15, 0.2) is 0 Å². The number of halogens is 1. The summed E-state index contributed by atoms with van der Waals surface area (Å²) in [7, 11) is 0. The fraction of sp³-hybridized carbons (Fsp3) is 0.846. The van der Waals surface area contributed by atoms with Crippen LogP contribution in [-0.4, -0.2) is 57.6 Å². The van der Waals surface area contributed by atoms with Crippen molar-refractivity contribution in [1.29, 1.82) is 0 Å². The van der Waals surface area contributed by atoms with Gasteiger partial charge in [0.25, 0.3) is 5.91 Å². The van der Waals surface area contributed by atoms with Crippen molar-refractivity contribution in [3.05, 3.63) is 0 Å². The number of hydrogen-bond acceptors (Lipinski definition) is 6. The topological polar surface area (TPSA) is 122 Å². The van der Waals surface area contributed by atoms with Crippen LogP contribution in [0, 0.1) is 0 Å². The van der Waals surface area contributed by atoms with Gasteiger partial charge in [0.1, 0.15) is 11.8 Å². The molecular formula is C13H27ClN2O5S. The van der Waals surface area contributed by atoms with Crippen molar-refractivity contribution in [3.63, 3.8) is 0 Å². The van der Waals surface area contributed by atoms with E-state index in [1.807, 2.05) is 13.8 Å². The number of hydrogen-bond donors (Lipinski definition) is 4. The third-order valence-corrected chi connectivity index (χ3v) is 4.12. The van der Waals surface area contributed by atoms with Crippen LogP contribution in [0.2, 0.25) is 0 Å². The first kappa shape index (κ1) is 23.7. The van der Waals surface area contributed by atoms with Gasteiger partial charge in [-0.2, -0.15) is 11.8 Å². The van der Waals surface area contributed by atoms with E-state index in [1.54, 1.807) is 6.92 Å². The lowest BCUT2D eigenvalue weighted by Gasteiger charge is -2.32. The van der Waals surface area contributed by atoms with Gasteiger partial charge in [-0.25, -0.2) is 0 Å². The number of aliphatic hydroxyl groups is 1. The Morgan fingerprint density at radius 2 is 1.95 bits per heavy atom. The first-order valence-corrected chi connectivity index (χ1v) is 7.94. The number of nitrogens with two attached hydrogens (primary N) is 1. The van der Waals surface area contributed by atoms with Crippen molar-refractivity contribution in [2.45, 2.75) is 57.2 Å². The van der Waals surface area contributed by atoms with E-state index in [0.717, 1.165) is 5.75 Å². The summed E-state index contributed by atoms with van der Waals surface area (Å²) >= 11 is 1.53. The Morgan fingerprint density at radius 3 is 2.36 bits per heavy atom. The van der Waals surface area contributed by atoms with Crippen LogP contribution in [-0.2, 0) is 14.3 Å². The summed E-state index contributed by atoms with van der Waals surface area (Å²) in [4.78, 5) is 22.9. The largest absolute Gasteiger partial charge is 0.481 e. The molecule has 0 aromatic carbocycles. The molecule has 0 rings (SSSR count). The molecule has 5 N–H and O–H groups in total. The average molecular weight is 359 g/mol. The van der Waals surface area contributed by atoms with E-state index in [-0.39, 0.29) is 24.3 Å². The summed E-state index contributed by atoms with van der Waals surface area (Å²) in [6, 6.07) is -0.745. The van der Waals surface area contributed by atoms with Crippen LogP contribution in [0.1, 0.15) is 34.1 Å². The number of carbonyl (C=O) groups excluding carboxylic acids is 1. The normalized spacial score (nSPS) is 17.5. The van der Waals surface area contributed by atoms with E-state index in [1.165, 1.54) is 18.7 Å². The van der Waals surface area contributed by atoms with Crippen LogP contribution in [0.15, 0.2) is 0 Å². The molecule has 0 radical (unpaired) electrons. The van der Waals surface area contributed by atoms with Gasteiger partial charge < -0.3 is 26.0 Å². The van der Waals surface area contributed by atoms with Gasteiger partial charge in [-0.1, -0.05) is 13.8 Å². The van der Waals surface area contributed by atoms with E-state index in [2.05, 4.69) is 5.32 Å². The molecule has 0 heterocycles. The molecule has 9 heteroatoms. The van der Waals surface area contributed by atoms with E-state index in [9.17, 15) is 14.7 Å². The quantitative estimate of drug-likeness (QED) is 0.421. The zero-order valence-corrected chi connectivity index (χ0v) is 15.0. The van der Waals surface area contributed by atoms with Gasteiger partial charge in [-0.05, 0) is 19.6 Å². The van der Waals surface area contributed by atoms with E-state index in [0.29, 0.717) is 0 Å². The van der Waals surface area contributed by atoms with Crippen molar-refractivity contribution < 1.29 is 24.5 Å². The van der Waals surface area contributed by atoms with Crippen LogP contribution in [0.5, 0.6) is 0 Å². The van der Waals surface area contributed by atoms with E-state index >= 15 is 0 Å². The molecule has 0 bridgehead atoms. The molecule has 0 saturated carbocycles. The number of thioether (sulfide) groups is 1. The Kier molecular flexibility index (Phi) is 11.9. The maximum absolute atomic E-state index is 12.0. The Morgan fingerprint density at radius 1 is 1.41 bits per heavy atom. The highest BCUT2D eigenvalue weighted by atomic mass is 35.5. The molecule has 0 aromatic rings. The predicted molar refractivity (Wildman–Crippen MR) is 89.3 cm³/mol. The summed E-state index contributed by atoms with van der Waals surface area (Å²) < 4.78 is 5.28. The number of rotatable bonds is 10. The fourth-order valence-corrected chi connectivity index (χ4v) is 2.78. The van der Waals surface area contributed by atoms with Gasteiger partial charge in [-0.15, -0.1) is 12.4 Å². The molecule has 0 saturated heterocycles. The number of ether oxygens (including phenoxy) is 1. The molecular weight excluding hydrogens is 332 g/mol. The van der Waals surface area contributed by atoms with Gasteiger partial charge >= 0.3 is 5.97 Å². The van der Waals surface area contributed by atoms with Gasteiger partial charge in [0.2, 0.25) is 0 Å². The second kappa shape index (κ2) is 11.1. The molecule has 0 spiro atoms. The van der Waals surface area contributed by atoms with Crippen molar-refractivity contribution in [2.75, 3.05) is 12.4 Å². The molecule has 132 valence electrons. The molecule has 0 aliphatic heterocycles. The fourth-order valence-electron chi connectivity index (χ4n) is 1.88. The summed E-state index contributed by atoms with van der Waals surface area (Å²) in [5.74, 6) is -1.03. The lowest BCUT2D eigenvalue weighted by Crippen LogP contribution is -2.57. The number of carboxylic acids is 1. The zero-order valence-electron chi connectivity index (χ0n) is 13.4. The van der Waals surface area contributed by atoms with Gasteiger partial charge in [0, 0.05) is 11.9 Å². The number of aliphatic hydroxyl groups excluding tert-OH is 1. The van der Waals surface area contributed by atoms with Crippen LogP contribution in [0.3, 0.4) is 0 Å². The minimum Gasteiger partial charge on any atom is -0.481 e. The van der Waals surface area contributed by atoms with Crippen LogP contribution >= 0.6 is 24.2 Å². The highest BCUT2D eigenvalue weighted by Crippen LogP contribution is 2.17. The van der Waals surface area contributed by atoms with Crippen molar-refractivity contribution in [1.82, 2.24) is 5.32 Å². The summed E-state index contributed by atoms with van der Waals surface area (Å²) in [6.45, 7) is 7.15. The third kappa shape index (κ3) is 8.19. The zero-order chi connectivity index (χ0) is 16.6. The molecule has 22 heavy (non-hydrogen) atoms. The molecule has 3 unspecified atom stereocenters. The summed E-state index contributed by atoms with van der Waals surface area (Å²) in [6.07, 6.45) is -1.83. The standard InChI is InChI=1S/C13H26N2O5S.ClH/c1-5-20-13(4,7-9(16)17)15-12(19)11(18)10(14)8(3)21-6-2;/h8,10-11,18H,5-7,14H2,1-4H3,(H,15,19)(H,16,17);1H/t8?,10-,11?,13?;/m0./s1. The Bertz CT molecular complexity index is 361. The Balaban J connectivity index is 0. The van der Waals surface area contributed by atoms with Crippen molar-refractivity contribution >= 4 is 36.0 Å². The van der Waals surface area contributed by atoms with Crippen LogP contribution in [0.4, 0.5) is 0 Å². The molecule has 4 atom stereocenters. The highest BCUT2D eigenvalue weighted by Gasteiger charge is 2.35. The summed E-state index contributed by atoms with van der Waals surface area (Å²) in [5, 5.41) is 21.2. The number of amides is 1. The van der Waals surface area contributed by atoms with Crippen molar-refractivity contribution in [2.24, 2.45) is 5.73 Å². The number of aliphatic carboxylic acids is 1. The van der Waals surface area contributed by atoms with E-state index in [4.69, 9.17) is 15.6 Å². The Labute approximate surface area is 141 Å². The SMILES string of the molecule is CCOC(C)(CC(=O)O)NC(=O)C(O)[C@@H](N)C(C)SCC.Cl. The van der Waals surface area contributed by atoms with Crippen molar-refractivity contribution in [3.8, 4) is 0 Å². The lowest BCUT2D eigenvalue weighted by atomic mass is 10.1. The number of nitrogens with one attached hydrogen (secondary N) is 1. The van der Waals surface area contributed by atoms with Crippen LogP contribution in [0.25, 0.3) is 0 Å². The monoisotopic (exact) mass is 358 g/mol. The van der Waals surface area contributed by atoms with E-state index < -0.39 is 36.2 Å². The second-order valence-electron chi connectivity index (χ2n) is 4.91. The van der Waals surface area contributed by atoms with Crippen LogP contribution < -0.4 is 11.1 Å². The van der Waals surface area contributed by atoms with Gasteiger partial charge in [0.05, 0.1) is 12.5 Å². The third-order valence-electron chi connectivity index (χ3n) is 2.94. The minimum absolute atomic E-state index is 0. The molecule has 0 aromatic heterocycles. The number of carboxylic acid groups (broad SMARTS) is 1. The average Bonchev–Trinajstić information content (AvgIpc) is 2.35. The summed E-state index contributed by atoms with van der Waals surface area (Å²) in [5.41, 5.74) is 4.48. The predicted octanol–water partition coefficient (Wildman–Crippen LogP) is 0.582. The molecule has 0 aliphatic rings. The second-order valence-corrected chi connectivity index (χ2v) is 6.56. The van der Waals surface area contributed by atoms with Gasteiger partial charge in [-0.3, -0.25) is 9.59 Å². The molecule has 0 fully saturated rings. The Hall–Kier alpha value is -0.540. The molecule has 0 aliphatic carbocycles.